The number of aryl methyl sites for hydroxylation is 1. The van der Waals surface area contributed by atoms with E-state index in [9.17, 15) is 9.59 Å². The zero-order valence-electron chi connectivity index (χ0n) is 12.8. The average Bonchev–Trinajstić information content (AvgIpc) is 2.74. The van der Waals surface area contributed by atoms with Crippen molar-refractivity contribution < 1.29 is 19.4 Å². The third-order valence-electron chi connectivity index (χ3n) is 2.56. The van der Waals surface area contributed by atoms with Crippen molar-refractivity contribution in [3.05, 3.63) is 11.4 Å². The fourth-order valence-electron chi connectivity index (χ4n) is 1.63. The van der Waals surface area contributed by atoms with E-state index < -0.39 is 17.7 Å². The van der Waals surface area contributed by atoms with Crippen molar-refractivity contribution in [2.45, 2.75) is 59.2 Å². The van der Waals surface area contributed by atoms with Crippen molar-refractivity contribution in [1.29, 1.82) is 0 Å². The van der Waals surface area contributed by atoms with Crippen LogP contribution in [0.3, 0.4) is 0 Å². The smallest absolute Gasteiger partial charge is 0.407 e. The largest absolute Gasteiger partial charge is 0.476 e. The summed E-state index contributed by atoms with van der Waals surface area (Å²) < 4.78 is 6.61. The van der Waals surface area contributed by atoms with E-state index in [1.807, 2.05) is 6.92 Å². The summed E-state index contributed by atoms with van der Waals surface area (Å²) in [5.41, 5.74) is -0.399. The second-order valence-corrected chi connectivity index (χ2v) is 5.62. The molecule has 0 fully saturated rings. The average molecular weight is 298 g/mol. The molecule has 1 amide bonds. The molecule has 8 nitrogen and oxygen atoms in total. The first-order chi connectivity index (χ1) is 9.74. The first kappa shape index (κ1) is 16.9. The molecule has 21 heavy (non-hydrogen) atoms. The number of carbonyl (C=O) groups excluding carboxylic acids is 1. The Balaban J connectivity index is 2.77. The first-order valence-corrected chi connectivity index (χ1v) is 6.87. The number of carboxylic acids is 1. The fraction of sp³-hybridized carbons (Fsp3) is 0.692. The number of rotatable bonds is 6. The Kier molecular flexibility index (Phi) is 5.69. The number of aromatic nitrogens is 3. The summed E-state index contributed by atoms with van der Waals surface area (Å²) in [5, 5.41) is 19.1. The molecule has 1 aromatic heterocycles. The molecule has 0 atom stereocenters. The molecule has 0 unspecified atom stereocenters. The highest BCUT2D eigenvalue weighted by atomic mass is 16.6. The standard InChI is InChI=1S/C13H22N4O4/c1-5-6-7-17-9(10(11(18)19)15-16-17)8-14-12(20)21-13(2,3)4/h5-8H2,1-4H3,(H,14,20)(H,18,19). The summed E-state index contributed by atoms with van der Waals surface area (Å²) in [5.74, 6) is -1.17. The third-order valence-corrected chi connectivity index (χ3v) is 2.56. The molecule has 0 spiro atoms. The molecule has 1 heterocycles. The van der Waals surface area contributed by atoms with Crippen LogP contribution in [0.15, 0.2) is 0 Å². The van der Waals surface area contributed by atoms with E-state index in [1.54, 1.807) is 20.8 Å². The van der Waals surface area contributed by atoms with Crippen molar-refractivity contribution in [2.24, 2.45) is 0 Å². The van der Waals surface area contributed by atoms with E-state index in [0.717, 1.165) is 12.8 Å². The number of amides is 1. The molecule has 1 rings (SSSR count). The number of carbonyl (C=O) groups is 2. The van der Waals surface area contributed by atoms with Gasteiger partial charge in [-0.05, 0) is 27.2 Å². The molecule has 118 valence electrons. The number of nitrogens with one attached hydrogen (secondary N) is 1. The highest BCUT2D eigenvalue weighted by molar-refractivity contribution is 5.86. The van der Waals surface area contributed by atoms with Gasteiger partial charge in [0.2, 0.25) is 0 Å². The Morgan fingerprint density at radius 2 is 2.05 bits per heavy atom. The lowest BCUT2D eigenvalue weighted by molar-refractivity contribution is 0.0519. The minimum Gasteiger partial charge on any atom is -0.476 e. The Morgan fingerprint density at radius 1 is 1.38 bits per heavy atom. The van der Waals surface area contributed by atoms with Gasteiger partial charge < -0.3 is 15.2 Å². The number of aromatic carboxylic acids is 1. The van der Waals surface area contributed by atoms with Gasteiger partial charge in [0, 0.05) is 6.54 Å². The molecule has 0 aromatic carbocycles. The molecule has 0 saturated heterocycles. The fourth-order valence-corrected chi connectivity index (χ4v) is 1.63. The van der Waals surface area contributed by atoms with Crippen molar-refractivity contribution in [1.82, 2.24) is 20.3 Å². The van der Waals surface area contributed by atoms with Gasteiger partial charge in [-0.1, -0.05) is 18.6 Å². The molecule has 1 aromatic rings. The summed E-state index contributed by atoms with van der Waals surface area (Å²) in [4.78, 5) is 22.8. The van der Waals surface area contributed by atoms with Gasteiger partial charge >= 0.3 is 12.1 Å². The number of alkyl carbamates (subject to hydrolysis) is 1. The number of unbranched alkanes of at least 4 members (excludes halogenated alkanes) is 1. The van der Waals surface area contributed by atoms with Gasteiger partial charge in [0.05, 0.1) is 12.2 Å². The monoisotopic (exact) mass is 298 g/mol. The Morgan fingerprint density at radius 3 is 2.57 bits per heavy atom. The van der Waals surface area contributed by atoms with Gasteiger partial charge in [-0.2, -0.15) is 0 Å². The number of nitrogens with zero attached hydrogens (tertiary/aromatic N) is 3. The zero-order chi connectivity index (χ0) is 16.0. The van der Waals surface area contributed by atoms with E-state index in [4.69, 9.17) is 9.84 Å². The molecule has 0 aliphatic heterocycles. The topological polar surface area (TPSA) is 106 Å². The molecule has 0 aliphatic carbocycles. The minimum atomic E-state index is -1.17. The molecule has 2 N–H and O–H groups in total. The molecule has 0 radical (unpaired) electrons. The highest BCUT2D eigenvalue weighted by Crippen LogP contribution is 2.09. The van der Waals surface area contributed by atoms with Crippen LogP contribution in [0.4, 0.5) is 4.79 Å². The van der Waals surface area contributed by atoms with E-state index in [0.29, 0.717) is 12.2 Å². The number of carboxylic acid groups (broad SMARTS) is 1. The summed E-state index contributed by atoms with van der Waals surface area (Å²) >= 11 is 0. The highest BCUT2D eigenvalue weighted by Gasteiger charge is 2.21. The SMILES string of the molecule is CCCCn1nnc(C(=O)O)c1CNC(=O)OC(C)(C)C. The summed E-state index contributed by atoms with van der Waals surface area (Å²) in [6, 6.07) is 0. The van der Waals surface area contributed by atoms with Gasteiger partial charge in [0.25, 0.3) is 0 Å². The lowest BCUT2D eigenvalue weighted by atomic mass is 10.2. The molecular weight excluding hydrogens is 276 g/mol. The van der Waals surface area contributed by atoms with E-state index in [-0.39, 0.29) is 12.2 Å². The van der Waals surface area contributed by atoms with Gasteiger partial charge in [-0.25, -0.2) is 14.3 Å². The first-order valence-electron chi connectivity index (χ1n) is 6.87. The van der Waals surface area contributed by atoms with Crippen LogP contribution in [0, 0.1) is 0 Å². The maximum atomic E-state index is 11.6. The van der Waals surface area contributed by atoms with Gasteiger partial charge in [0.15, 0.2) is 5.69 Å². The predicted octanol–water partition coefficient (Wildman–Crippen LogP) is 1.80. The lowest BCUT2D eigenvalue weighted by Crippen LogP contribution is -2.33. The third kappa shape index (κ3) is 5.41. The van der Waals surface area contributed by atoms with Crippen LogP contribution in [0.5, 0.6) is 0 Å². The molecule has 0 saturated carbocycles. The van der Waals surface area contributed by atoms with Crippen molar-refractivity contribution in [3.63, 3.8) is 0 Å². The van der Waals surface area contributed by atoms with Crippen LogP contribution in [0.2, 0.25) is 0 Å². The Hall–Kier alpha value is -2.12. The quantitative estimate of drug-likeness (QED) is 0.829. The van der Waals surface area contributed by atoms with Crippen LogP contribution in [-0.4, -0.2) is 37.8 Å². The summed E-state index contributed by atoms with van der Waals surface area (Å²) in [6.45, 7) is 7.84. The lowest BCUT2D eigenvalue weighted by Gasteiger charge is -2.19. The number of hydrogen-bond acceptors (Lipinski definition) is 5. The van der Waals surface area contributed by atoms with E-state index in [2.05, 4.69) is 15.6 Å². The Bertz CT molecular complexity index is 505. The van der Waals surface area contributed by atoms with Crippen molar-refractivity contribution in [3.8, 4) is 0 Å². The zero-order valence-corrected chi connectivity index (χ0v) is 12.8. The molecule has 0 aliphatic rings. The van der Waals surface area contributed by atoms with Crippen LogP contribution < -0.4 is 5.32 Å². The van der Waals surface area contributed by atoms with E-state index >= 15 is 0 Å². The summed E-state index contributed by atoms with van der Waals surface area (Å²) in [6.07, 6.45) is 1.19. The summed E-state index contributed by atoms with van der Waals surface area (Å²) in [7, 11) is 0. The van der Waals surface area contributed by atoms with Crippen LogP contribution in [0.1, 0.15) is 56.7 Å². The maximum Gasteiger partial charge on any atom is 0.407 e. The number of ether oxygens (including phenoxy) is 1. The van der Waals surface area contributed by atoms with Gasteiger partial charge in [0.1, 0.15) is 5.60 Å². The van der Waals surface area contributed by atoms with E-state index in [1.165, 1.54) is 4.68 Å². The minimum absolute atomic E-state index is 0.00720. The predicted molar refractivity (Wildman–Crippen MR) is 75.0 cm³/mol. The Labute approximate surface area is 123 Å². The molecular formula is C13H22N4O4. The van der Waals surface area contributed by atoms with Crippen molar-refractivity contribution in [2.75, 3.05) is 0 Å². The second-order valence-electron chi connectivity index (χ2n) is 5.62. The molecule has 0 bridgehead atoms. The van der Waals surface area contributed by atoms with Crippen LogP contribution in [-0.2, 0) is 17.8 Å². The van der Waals surface area contributed by atoms with Crippen LogP contribution in [0.25, 0.3) is 0 Å². The normalized spacial score (nSPS) is 11.2. The van der Waals surface area contributed by atoms with Gasteiger partial charge in [-0.15, -0.1) is 5.10 Å². The number of hydrogen-bond donors (Lipinski definition) is 2. The van der Waals surface area contributed by atoms with Gasteiger partial charge in [-0.3, -0.25) is 0 Å². The second kappa shape index (κ2) is 7.05. The maximum absolute atomic E-state index is 11.6. The van der Waals surface area contributed by atoms with Crippen molar-refractivity contribution >= 4 is 12.1 Å². The molecule has 8 heteroatoms. The van der Waals surface area contributed by atoms with Crippen LogP contribution >= 0.6 is 0 Å².